The van der Waals surface area contributed by atoms with Crippen LogP contribution in [0.15, 0.2) is 59.8 Å². The normalized spacial score (nSPS) is 36.2. The summed E-state index contributed by atoms with van der Waals surface area (Å²) in [5.41, 5.74) is 4.14. The Morgan fingerprint density at radius 2 is 2.15 bits per heavy atom. The van der Waals surface area contributed by atoms with E-state index < -0.39 is 6.10 Å². The largest absolute Gasteiger partial charge is 0.392 e. The lowest BCUT2D eigenvalue weighted by Gasteiger charge is -2.50. The van der Waals surface area contributed by atoms with Crippen LogP contribution in [0.1, 0.15) is 58.8 Å². The fourth-order valence-corrected chi connectivity index (χ4v) is 5.21. The summed E-state index contributed by atoms with van der Waals surface area (Å²) < 4.78 is 0. The van der Waals surface area contributed by atoms with Gasteiger partial charge in [-0.1, -0.05) is 48.5 Å². The van der Waals surface area contributed by atoms with Crippen molar-refractivity contribution in [3.8, 4) is 0 Å². The second kappa shape index (κ2) is 7.52. The number of allylic oxidation sites excluding steroid dienone is 7. The third-order valence-electron chi connectivity index (χ3n) is 6.91. The molecule has 0 spiro atoms. The van der Waals surface area contributed by atoms with Crippen molar-refractivity contribution >= 4 is 5.78 Å². The minimum atomic E-state index is -0.403. The highest BCUT2D eigenvalue weighted by Crippen LogP contribution is 2.54. The number of hydrogen-bond acceptors (Lipinski definition) is 2. The number of hydrogen-bond donors (Lipinski definition) is 1. The Morgan fingerprint density at radius 3 is 2.77 bits per heavy atom. The van der Waals surface area contributed by atoms with Gasteiger partial charge >= 0.3 is 0 Å². The van der Waals surface area contributed by atoms with Crippen LogP contribution in [0.3, 0.4) is 0 Å². The third-order valence-corrected chi connectivity index (χ3v) is 6.91. The molecule has 3 aliphatic rings. The van der Waals surface area contributed by atoms with Gasteiger partial charge in [0.25, 0.3) is 0 Å². The van der Waals surface area contributed by atoms with Crippen molar-refractivity contribution < 1.29 is 9.90 Å². The van der Waals surface area contributed by atoms with Gasteiger partial charge in [0.05, 0.1) is 6.10 Å². The molecule has 0 amide bonds. The van der Waals surface area contributed by atoms with E-state index >= 15 is 0 Å². The first-order valence-corrected chi connectivity index (χ1v) is 10.0. The van der Waals surface area contributed by atoms with Crippen LogP contribution in [0.25, 0.3) is 0 Å². The van der Waals surface area contributed by atoms with E-state index in [1.54, 1.807) is 0 Å². The van der Waals surface area contributed by atoms with E-state index in [2.05, 4.69) is 39.2 Å². The Balaban J connectivity index is 1.96. The molecule has 1 N–H and O–H groups in total. The molecule has 2 heteroatoms. The van der Waals surface area contributed by atoms with Gasteiger partial charge in [-0.2, -0.15) is 0 Å². The van der Waals surface area contributed by atoms with E-state index in [1.165, 1.54) is 11.1 Å². The molecule has 1 saturated carbocycles. The van der Waals surface area contributed by atoms with Crippen molar-refractivity contribution in [1.29, 1.82) is 0 Å². The molecule has 0 saturated heterocycles. The first kappa shape index (κ1) is 19.1. The number of aliphatic hydroxyl groups excluding tert-OH is 1. The first-order valence-electron chi connectivity index (χ1n) is 10.0. The summed E-state index contributed by atoms with van der Waals surface area (Å²) in [7, 11) is 0. The Morgan fingerprint density at radius 1 is 1.38 bits per heavy atom. The van der Waals surface area contributed by atoms with E-state index in [9.17, 15) is 9.90 Å². The van der Waals surface area contributed by atoms with Crippen LogP contribution in [-0.4, -0.2) is 17.0 Å². The number of rotatable bonds is 4. The number of ketones is 1. The van der Waals surface area contributed by atoms with Crippen molar-refractivity contribution in [3.05, 3.63) is 59.8 Å². The fourth-order valence-electron chi connectivity index (χ4n) is 5.21. The highest BCUT2D eigenvalue weighted by atomic mass is 16.3. The summed E-state index contributed by atoms with van der Waals surface area (Å²) in [5.74, 6) is 0.711. The van der Waals surface area contributed by atoms with Crippen molar-refractivity contribution in [2.75, 3.05) is 0 Å². The zero-order chi connectivity index (χ0) is 18.9. The molecule has 1 fully saturated rings. The summed E-state index contributed by atoms with van der Waals surface area (Å²) in [6.45, 7) is 12.2. The summed E-state index contributed by atoms with van der Waals surface area (Å²) in [6.07, 6.45) is 14.2. The average Bonchev–Trinajstić information content (AvgIpc) is 2.61. The van der Waals surface area contributed by atoms with Gasteiger partial charge in [-0.05, 0) is 69.8 Å². The lowest BCUT2D eigenvalue weighted by molar-refractivity contribution is -0.114. The minimum Gasteiger partial charge on any atom is -0.392 e. The molecule has 0 unspecified atom stereocenters. The quantitative estimate of drug-likeness (QED) is 0.538. The molecule has 2 nitrogen and oxygen atoms in total. The lowest BCUT2D eigenvalue weighted by Crippen LogP contribution is -2.48. The molecular formula is C24H32O2. The Hall–Kier alpha value is -1.67. The number of fused-ring (bicyclic) bond motifs is 1. The molecule has 3 aliphatic carbocycles. The van der Waals surface area contributed by atoms with Crippen LogP contribution in [0.5, 0.6) is 0 Å². The van der Waals surface area contributed by atoms with Gasteiger partial charge < -0.3 is 5.11 Å². The zero-order valence-electron chi connectivity index (χ0n) is 16.3. The predicted octanol–water partition coefficient (Wildman–Crippen LogP) is 5.47. The topological polar surface area (TPSA) is 37.3 Å². The molecule has 0 bridgehead atoms. The van der Waals surface area contributed by atoms with Crippen molar-refractivity contribution in [3.63, 3.8) is 0 Å². The summed E-state index contributed by atoms with van der Waals surface area (Å²) in [6, 6.07) is 0. The Labute approximate surface area is 158 Å². The van der Waals surface area contributed by atoms with E-state index in [-0.39, 0.29) is 17.1 Å². The predicted molar refractivity (Wildman–Crippen MR) is 108 cm³/mol. The molecule has 140 valence electrons. The standard InChI is InChI=1S/C24H32O2/c1-5-13-24-17(4)21(14-18-9-11-19(12-10-18)16(2)3)22(25)15-20(24)7-6-8-23(24)26/h5,9,14-15,17,19,23,26H,1-2,6-8,10-13H2,3-4H3/t17-,19-,23-,24-/m0/s1. The molecule has 0 aliphatic heterocycles. The number of carbonyl (C=O) groups excluding carboxylic acids is 1. The highest BCUT2D eigenvalue weighted by Gasteiger charge is 2.51. The molecule has 0 aromatic rings. The molecule has 3 rings (SSSR count). The molecule has 0 aromatic carbocycles. The van der Waals surface area contributed by atoms with Gasteiger partial charge in [-0.3, -0.25) is 4.79 Å². The SMILES string of the molecule is C=CC[C@@]12C(=CC(=O)C(=CC3=CC[C@H](C(=C)C)CC3)[C@@H]1C)CCC[C@@H]2O. The molecule has 0 aromatic heterocycles. The van der Waals surface area contributed by atoms with Gasteiger partial charge in [-0.15, -0.1) is 6.58 Å². The molecule has 0 radical (unpaired) electrons. The maximum absolute atomic E-state index is 12.9. The van der Waals surface area contributed by atoms with Gasteiger partial charge in [-0.25, -0.2) is 0 Å². The van der Waals surface area contributed by atoms with Crippen LogP contribution in [-0.2, 0) is 4.79 Å². The van der Waals surface area contributed by atoms with Crippen molar-refractivity contribution in [1.82, 2.24) is 0 Å². The van der Waals surface area contributed by atoms with Crippen LogP contribution in [0, 0.1) is 17.3 Å². The molecule has 0 heterocycles. The van der Waals surface area contributed by atoms with E-state index in [4.69, 9.17) is 0 Å². The van der Waals surface area contributed by atoms with Gasteiger partial charge in [0, 0.05) is 11.0 Å². The van der Waals surface area contributed by atoms with Gasteiger partial charge in [0.15, 0.2) is 5.78 Å². The Bertz CT molecular complexity index is 706. The van der Waals surface area contributed by atoms with E-state index in [0.29, 0.717) is 5.92 Å². The zero-order valence-corrected chi connectivity index (χ0v) is 16.3. The van der Waals surface area contributed by atoms with E-state index in [1.807, 2.05) is 12.2 Å². The Kier molecular flexibility index (Phi) is 5.53. The summed E-state index contributed by atoms with van der Waals surface area (Å²) in [4.78, 5) is 12.9. The smallest absolute Gasteiger partial charge is 0.182 e. The van der Waals surface area contributed by atoms with Gasteiger partial charge in [0.1, 0.15) is 0 Å². The minimum absolute atomic E-state index is 0.0167. The second-order valence-corrected chi connectivity index (χ2v) is 8.39. The highest BCUT2D eigenvalue weighted by molar-refractivity contribution is 6.06. The molecule has 26 heavy (non-hydrogen) atoms. The maximum atomic E-state index is 12.9. The first-order chi connectivity index (χ1) is 12.4. The van der Waals surface area contributed by atoms with Crippen molar-refractivity contribution in [2.24, 2.45) is 17.3 Å². The van der Waals surface area contributed by atoms with Crippen LogP contribution >= 0.6 is 0 Å². The van der Waals surface area contributed by atoms with Crippen LogP contribution < -0.4 is 0 Å². The van der Waals surface area contributed by atoms with Crippen LogP contribution in [0.4, 0.5) is 0 Å². The third kappa shape index (κ3) is 3.20. The summed E-state index contributed by atoms with van der Waals surface area (Å²) in [5, 5.41) is 10.9. The number of carbonyl (C=O) groups is 1. The lowest BCUT2D eigenvalue weighted by atomic mass is 9.55. The monoisotopic (exact) mass is 352 g/mol. The van der Waals surface area contributed by atoms with E-state index in [0.717, 1.165) is 56.1 Å². The second-order valence-electron chi connectivity index (χ2n) is 8.39. The summed E-state index contributed by atoms with van der Waals surface area (Å²) >= 11 is 0. The fraction of sp³-hybridized carbons (Fsp3) is 0.542. The molecule has 4 atom stereocenters. The maximum Gasteiger partial charge on any atom is 0.182 e. The average molecular weight is 353 g/mol. The van der Waals surface area contributed by atoms with Gasteiger partial charge in [0.2, 0.25) is 0 Å². The number of aliphatic hydroxyl groups is 1. The van der Waals surface area contributed by atoms with Crippen LogP contribution in [0.2, 0.25) is 0 Å². The molecular weight excluding hydrogens is 320 g/mol. The van der Waals surface area contributed by atoms with Crippen molar-refractivity contribution in [2.45, 2.75) is 64.9 Å².